The smallest absolute Gasteiger partial charge is 0.250 e. The number of carbonyl (C=O) groups excluding carboxylic acids is 1. The fraction of sp³-hybridized carbons (Fsp3) is 0.0667. The average Bonchev–Trinajstić information content (AvgIpc) is 2.98. The molecule has 0 saturated carbocycles. The third kappa shape index (κ3) is 5.67. The summed E-state index contributed by atoms with van der Waals surface area (Å²) >= 11 is 12.5. The van der Waals surface area contributed by atoms with Crippen LogP contribution in [-0.2, 0) is 11.3 Å². The summed E-state index contributed by atoms with van der Waals surface area (Å²) in [5.74, 6) is -0.270. The Balaban J connectivity index is 1.78. The fourth-order valence-corrected chi connectivity index (χ4v) is 2.47. The predicted octanol–water partition coefficient (Wildman–Crippen LogP) is 3.61. The number of amides is 1. The maximum Gasteiger partial charge on any atom is 0.250 e. The summed E-state index contributed by atoms with van der Waals surface area (Å²) in [5.41, 5.74) is 0.895. The number of hydrogen-bond acceptors (Lipinski definition) is 3. The van der Waals surface area contributed by atoms with Crippen LogP contribution in [0.1, 0.15) is 10.4 Å². The van der Waals surface area contributed by atoms with Gasteiger partial charge in [-0.25, -0.2) is 0 Å². The molecule has 0 saturated heterocycles. The zero-order chi connectivity index (χ0) is 15.1. The molecule has 6 heteroatoms. The minimum atomic E-state index is -0.270. The second-order valence-electron chi connectivity index (χ2n) is 4.14. The molecule has 1 heterocycles. The Morgan fingerprint density at radius 2 is 2.05 bits per heavy atom. The van der Waals surface area contributed by atoms with Gasteiger partial charge in [0.15, 0.2) is 5.11 Å². The molecule has 0 radical (unpaired) electrons. The van der Waals surface area contributed by atoms with Crippen LogP contribution in [0.3, 0.4) is 0 Å². The Morgan fingerprint density at radius 3 is 2.71 bits per heavy atom. The molecule has 0 spiro atoms. The molecule has 21 heavy (non-hydrogen) atoms. The average molecular weight is 337 g/mol. The summed E-state index contributed by atoms with van der Waals surface area (Å²) < 4.78 is 0. The van der Waals surface area contributed by atoms with Crippen molar-refractivity contribution >= 4 is 52.3 Å². The minimum Gasteiger partial charge on any atom is -0.357 e. The van der Waals surface area contributed by atoms with E-state index in [9.17, 15) is 4.79 Å². The maximum absolute atomic E-state index is 11.7. The van der Waals surface area contributed by atoms with Crippen LogP contribution in [0.5, 0.6) is 0 Å². The highest BCUT2D eigenvalue weighted by Crippen LogP contribution is 2.10. The van der Waals surface area contributed by atoms with Gasteiger partial charge in [0.1, 0.15) is 0 Å². The van der Waals surface area contributed by atoms with Crippen LogP contribution in [0.25, 0.3) is 6.08 Å². The highest BCUT2D eigenvalue weighted by molar-refractivity contribution is 7.80. The maximum atomic E-state index is 11.7. The van der Waals surface area contributed by atoms with Gasteiger partial charge >= 0.3 is 0 Å². The van der Waals surface area contributed by atoms with E-state index in [2.05, 4.69) is 10.6 Å². The summed E-state index contributed by atoms with van der Waals surface area (Å²) in [6, 6.07) is 11.2. The molecule has 0 atom stereocenters. The molecule has 0 fully saturated rings. The first kappa shape index (κ1) is 15.7. The molecule has 0 aliphatic carbocycles. The van der Waals surface area contributed by atoms with Gasteiger partial charge in [-0.2, -0.15) is 0 Å². The van der Waals surface area contributed by atoms with E-state index in [1.54, 1.807) is 29.5 Å². The van der Waals surface area contributed by atoms with E-state index >= 15 is 0 Å². The first-order valence-electron chi connectivity index (χ1n) is 6.18. The molecule has 1 aromatic carbocycles. The molecular weight excluding hydrogens is 324 g/mol. The first-order valence-corrected chi connectivity index (χ1v) is 7.85. The summed E-state index contributed by atoms with van der Waals surface area (Å²) in [5, 5.41) is 8.55. The number of thiocarbonyl (C=S) groups is 1. The summed E-state index contributed by atoms with van der Waals surface area (Å²) in [6.45, 7) is 0.609. The van der Waals surface area contributed by atoms with Gasteiger partial charge in [-0.05, 0) is 47.4 Å². The van der Waals surface area contributed by atoms with Crippen molar-refractivity contribution in [2.45, 2.75) is 6.54 Å². The van der Waals surface area contributed by atoms with Gasteiger partial charge in [-0.3, -0.25) is 10.1 Å². The van der Waals surface area contributed by atoms with E-state index in [1.165, 1.54) is 6.08 Å². The third-order valence-electron chi connectivity index (χ3n) is 2.54. The monoisotopic (exact) mass is 336 g/mol. The second kappa shape index (κ2) is 7.93. The molecule has 2 rings (SSSR count). The quantitative estimate of drug-likeness (QED) is 0.662. The Kier molecular flexibility index (Phi) is 5.92. The lowest BCUT2D eigenvalue weighted by Crippen LogP contribution is -2.37. The van der Waals surface area contributed by atoms with Crippen molar-refractivity contribution in [3.8, 4) is 0 Å². The zero-order valence-electron chi connectivity index (χ0n) is 11.0. The van der Waals surface area contributed by atoms with E-state index in [0.29, 0.717) is 16.7 Å². The molecule has 0 aliphatic rings. The van der Waals surface area contributed by atoms with Gasteiger partial charge in [0, 0.05) is 16.0 Å². The first-order chi connectivity index (χ1) is 10.1. The molecular formula is C15H13ClN2OS2. The van der Waals surface area contributed by atoms with Crippen molar-refractivity contribution in [3.63, 3.8) is 0 Å². The number of rotatable bonds is 4. The standard InChI is InChI=1S/C15H13ClN2OS2/c16-12-6-3-11(4-7-12)5-8-14(19)18-15(20)17-10-13-2-1-9-21-13/h1-9H,10H2,(H2,17,18,19,20)/b8-5+. The van der Waals surface area contributed by atoms with Crippen molar-refractivity contribution in [1.29, 1.82) is 0 Å². The normalized spacial score (nSPS) is 10.5. The number of nitrogens with one attached hydrogen (secondary N) is 2. The van der Waals surface area contributed by atoms with Crippen LogP contribution < -0.4 is 10.6 Å². The summed E-state index contributed by atoms with van der Waals surface area (Å²) in [4.78, 5) is 12.9. The Bertz CT molecular complexity index is 636. The van der Waals surface area contributed by atoms with Gasteiger partial charge in [-0.1, -0.05) is 29.8 Å². The number of halogens is 1. The lowest BCUT2D eigenvalue weighted by Gasteiger charge is -2.06. The number of carbonyl (C=O) groups is 1. The Labute approximate surface area is 137 Å². The van der Waals surface area contributed by atoms with Gasteiger partial charge in [0.25, 0.3) is 0 Å². The highest BCUT2D eigenvalue weighted by atomic mass is 35.5. The zero-order valence-corrected chi connectivity index (χ0v) is 13.4. The largest absolute Gasteiger partial charge is 0.357 e. The Morgan fingerprint density at radius 1 is 1.29 bits per heavy atom. The summed E-state index contributed by atoms with van der Waals surface area (Å²) in [7, 11) is 0. The van der Waals surface area contributed by atoms with Crippen molar-refractivity contribution in [2.75, 3.05) is 0 Å². The van der Waals surface area contributed by atoms with E-state index in [1.807, 2.05) is 29.6 Å². The van der Waals surface area contributed by atoms with Gasteiger partial charge in [0.05, 0.1) is 6.54 Å². The van der Waals surface area contributed by atoms with Crippen LogP contribution in [0.2, 0.25) is 5.02 Å². The van der Waals surface area contributed by atoms with Gasteiger partial charge in [0.2, 0.25) is 5.91 Å². The molecule has 1 amide bonds. The molecule has 1 aromatic heterocycles. The lowest BCUT2D eigenvalue weighted by molar-refractivity contribution is -0.115. The summed E-state index contributed by atoms with van der Waals surface area (Å²) in [6.07, 6.45) is 3.13. The van der Waals surface area contributed by atoms with E-state index in [4.69, 9.17) is 23.8 Å². The third-order valence-corrected chi connectivity index (χ3v) is 3.91. The molecule has 0 unspecified atom stereocenters. The van der Waals surface area contributed by atoms with E-state index in [0.717, 1.165) is 10.4 Å². The number of hydrogen-bond donors (Lipinski definition) is 2. The molecule has 0 aliphatic heterocycles. The second-order valence-corrected chi connectivity index (χ2v) is 6.01. The fourth-order valence-electron chi connectivity index (χ4n) is 1.52. The van der Waals surface area contributed by atoms with Gasteiger partial charge in [-0.15, -0.1) is 11.3 Å². The van der Waals surface area contributed by atoms with Crippen molar-refractivity contribution < 1.29 is 4.79 Å². The predicted molar refractivity (Wildman–Crippen MR) is 92.4 cm³/mol. The van der Waals surface area contributed by atoms with Gasteiger partial charge < -0.3 is 5.32 Å². The van der Waals surface area contributed by atoms with Crippen molar-refractivity contribution in [2.24, 2.45) is 0 Å². The van der Waals surface area contributed by atoms with E-state index in [-0.39, 0.29) is 5.91 Å². The van der Waals surface area contributed by atoms with Crippen LogP contribution in [0, 0.1) is 0 Å². The van der Waals surface area contributed by atoms with Crippen molar-refractivity contribution in [3.05, 3.63) is 63.3 Å². The molecule has 3 nitrogen and oxygen atoms in total. The Hall–Kier alpha value is -1.69. The molecule has 2 aromatic rings. The van der Waals surface area contributed by atoms with Crippen LogP contribution >= 0.6 is 35.2 Å². The molecule has 2 N–H and O–H groups in total. The number of thiophene rings is 1. The minimum absolute atomic E-state index is 0.270. The number of benzene rings is 1. The van der Waals surface area contributed by atoms with Crippen LogP contribution in [-0.4, -0.2) is 11.0 Å². The molecule has 108 valence electrons. The van der Waals surface area contributed by atoms with Crippen molar-refractivity contribution in [1.82, 2.24) is 10.6 Å². The lowest BCUT2D eigenvalue weighted by atomic mass is 10.2. The topological polar surface area (TPSA) is 41.1 Å². The SMILES string of the molecule is O=C(/C=C/c1ccc(Cl)cc1)NC(=S)NCc1cccs1. The van der Waals surface area contributed by atoms with Crippen LogP contribution in [0.4, 0.5) is 0 Å². The van der Waals surface area contributed by atoms with E-state index < -0.39 is 0 Å². The van der Waals surface area contributed by atoms with Crippen LogP contribution in [0.15, 0.2) is 47.9 Å². The molecule has 0 bridgehead atoms. The highest BCUT2D eigenvalue weighted by Gasteiger charge is 2.01.